The number of aromatic nitrogens is 2. The number of hydrogen-bond acceptors (Lipinski definition) is 4. The van der Waals surface area contributed by atoms with Crippen molar-refractivity contribution in [2.45, 2.75) is 52.5 Å². The molecule has 0 fully saturated rings. The van der Waals surface area contributed by atoms with Crippen LogP contribution in [0, 0.1) is 6.92 Å². The van der Waals surface area contributed by atoms with E-state index < -0.39 is 0 Å². The Bertz CT molecular complexity index is 718. The number of aliphatic imine (C=N–C) groups is 1. The summed E-state index contributed by atoms with van der Waals surface area (Å²) >= 11 is 1.88. The molecule has 0 amide bonds. The van der Waals surface area contributed by atoms with Crippen LogP contribution >= 0.6 is 35.3 Å². The van der Waals surface area contributed by atoms with Gasteiger partial charge in [0.05, 0.1) is 12.2 Å². The molecule has 2 aromatic heterocycles. The predicted octanol–water partition coefficient (Wildman–Crippen LogP) is 3.98. The van der Waals surface area contributed by atoms with Gasteiger partial charge in [-0.2, -0.15) is 0 Å². The van der Waals surface area contributed by atoms with E-state index in [1.165, 1.54) is 40.4 Å². The number of rotatable bonds is 6. The molecule has 3 rings (SSSR count). The number of thiazole rings is 1. The summed E-state index contributed by atoms with van der Waals surface area (Å²) in [7, 11) is 2.09. The van der Waals surface area contributed by atoms with Crippen LogP contribution in [-0.4, -0.2) is 41.0 Å². The lowest BCUT2D eigenvalue weighted by atomic mass is 10.0. The largest absolute Gasteiger partial charge is 0.357 e. The van der Waals surface area contributed by atoms with Gasteiger partial charge in [-0.15, -0.1) is 35.3 Å². The minimum atomic E-state index is 0. The lowest BCUT2D eigenvalue weighted by molar-refractivity contribution is 0.475. The van der Waals surface area contributed by atoms with Gasteiger partial charge in [0, 0.05) is 36.9 Å². The van der Waals surface area contributed by atoms with Crippen LogP contribution in [0.25, 0.3) is 0 Å². The van der Waals surface area contributed by atoms with Crippen LogP contribution in [-0.2, 0) is 25.8 Å². The zero-order valence-corrected chi connectivity index (χ0v) is 19.6. The molecule has 1 aliphatic rings. The number of nitrogens with zero attached hydrogens (tertiary/aromatic N) is 4. The van der Waals surface area contributed by atoms with E-state index in [1.807, 2.05) is 24.5 Å². The quantitative estimate of drug-likeness (QED) is 0.371. The zero-order chi connectivity index (χ0) is 18.4. The second-order valence-corrected chi connectivity index (χ2v) is 8.00. The maximum Gasteiger partial charge on any atom is 0.194 e. The molecule has 27 heavy (non-hydrogen) atoms. The molecule has 0 spiro atoms. The number of aryl methyl sites for hydroxylation is 3. The minimum Gasteiger partial charge on any atom is -0.357 e. The Labute approximate surface area is 183 Å². The van der Waals surface area contributed by atoms with E-state index in [0.717, 1.165) is 44.1 Å². The molecule has 148 valence electrons. The highest BCUT2D eigenvalue weighted by Crippen LogP contribution is 2.27. The van der Waals surface area contributed by atoms with Crippen LogP contribution < -0.4 is 5.32 Å². The number of halogens is 1. The van der Waals surface area contributed by atoms with Gasteiger partial charge in [0.15, 0.2) is 5.96 Å². The van der Waals surface area contributed by atoms with Gasteiger partial charge in [-0.1, -0.05) is 6.07 Å². The average Bonchev–Trinajstić information content (AvgIpc) is 3.04. The third kappa shape index (κ3) is 6.41. The third-order valence-electron chi connectivity index (χ3n) is 4.59. The van der Waals surface area contributed by atoms with Crippen molar-refractivity contribution in [2.24, 2.45) is 4.99 Å². The van der Waals surface area contributed by atoms with Gasteiger partial charge in [-0.25, -0.2) is 4.98 Å². The standard InChI is InChI=1S/C20H29N5S.HI/c1-4-21-20(22-12-11-16-10-9-15(2)23-13-16)25(3)14-19-24-17-7-5-6-8-18(17)26-19;/h9-10,13H,4-8,11-12,14H2,1-3H3,(H,21,22);1H. The molecule has 0 saturated heterocycles. The summed E-state index contributed by atoms with van der Waals surface area (Å²) in [6, 6.07) is 4.19. The van der Waals surface area contributed by atoms with Crippen molar-refractivity contribution in [3.05, 3.63) is 45.2 Å². The van der Waals surface area contributed by atoms with E-state index in [1.54, 1.807) is 0 Å². The summed E-state index contributed by atoms with van der Waals surface area (Å²) < 4.78 is 0. The van der Waals surface area contributed by atoms with E-state index in [4.69, 9.17) is 9.98 Å². The Morgan fingerprint density at radius 1 is 1.30 bits per heavy atom. The van der Waals surface area contributed by atoms with Crippen molar-refractivity contribution in [3.8, 4) is 0 Å². The topological polar surface area (TPSA) is 53.4 Å². The summed E-state index contributed by atoms with van der Waals surface area (Å²) in [6.45, 7) is 6.55. The molecule has 0 aromatic carbocycles. The maximum absolute atomic E-state index is 4.86. The first-order valence-electron chi connectivity index (χ1n) is 9.54. The van der Waals surface area contributed by atoms with Gasteiger partial charge in [0.2, 0.25) is 0 Å². The van der Waals surface area contributed by atoms with Crippen LogP contribution in [0.5, 0.6) is 0 Å². The average molecular weight is 499 g/mol. The molecule has 0 radical (unpaired) electrons. The molecule has 0 unspecified atom stereocenters. The number of hydrogen-bond donors (Lipinski definition) is 1. The first-order valence-corrected chi connectivity index (χ1v) is 10.4. The van der Waals surface area contributed by atoms with E-state index in [2.05, 4.69) is 41.3 Å². The number of fused-ring (bicyclic) bond motifs is 1. The first kappa shape index (κ1) is 22.1. The molecule has 0 aliphatic heterocycles. The van der Waals surface area contributed by atoms with E-state index >= 15 is 0 Å². The Hall–Kier alpha value is -1.22. The van der Waals surface area contributed by atoms with Gasteiger partial charge < -0.3 is 10.2 Å². The second kappa shape index (κ2) is 10.9. The monoisotopic (exact) mass is 499 g/mol. The Morgan fingerprint density at radius 3 is 2.81 bits per heavy atom. The highest BCUT2D eigenvalue weighted by Gasteiger charge is 2.16. The number of guanidine groups is 1. The fourth-order valence-corrected chi connectivity index (χ4v) is 4.37. The lowest BCUT2D eigenvalue weighted by Gasteiger charge is -2.21. The first-order chi connectivity index (χ1) is 12.7. The van der Waals surface area contributed by atoms with Gasteiger partial charge in [0.1, 0.15) is 5.01 Å². The fourth-order valence-electron chi connectivity index (χ4n) is 3.16. The molecule has 2 heterocycles. The minimum absolute atomic E-state index is 0. The van der Waals surface area contributed by atoms with E-state index in [9.17, 15) is 0 Å². The molecular formula is C20H30IN5S. The highest BCUT2D eigenvalue weighted by atomic mass is 127. The second-order valence-electron chi connectivity index (χ2n) is 6.83. The summed E-state index contributed by atoms with van der Waals surface area (Å²) in [5.74, 6) is 0.945. The van der Waals surface area contributed by atoms with E-state index in [0.29, 0.717) is 0 Å². The van der Waals surface area contributed by atoms with Crippen molar-refractivity contribution >= 4 is 41.3 Å². The number of nitrogens with one attached hydrogen (secondary N) is 1. The van der Waals surface area contributed by atoms with Gasteiger partial charge in [-0.3, -0.25) is 9.98 Å². The molecule has 0 atom stereocenters. The molecule has 5 nitrogen and oxygen atoms in total. The SMILES string of the molecule is CCNC(=NCCc1ccc(C)nc1)N(C)Cc1nc2c(s1)CCCC2.I. The summed E-state index contributed by atoms with van der Waals surface area (Å²) in [6.07, 6.45) is 7.79. The molecule has 7 heteroatoms. The van der Waals surface area contributed by atoms with Crippen molar-refractivity contribution in [2.75, 3.05) is 20.1 Å². The summed E-state index contributed by atoms with van der Waals surface area (Å²) in [4.78, 5) is 17.7. The molecular weight excluding hydrogens is 469 g/mol. The molecule has 1 N–H and O–H groups in total. The van der Waals surface area contributed by atoms with Crippen LogP contribution in [0.1, 0.15) is 46.6 Å². The van der Waals surface area contributed by atoms with Gasteiger partial charge >= 0.3 is 0 Å². The molecule has 1 aliphatic carbocycles. The van der Waals surface area contributed by atoms with Crippen LogP contribution in [0.3, 0.4) is 0 Å². The van der Waals surface area contributed by atoms with E-state index in [-0.39, 0.29) is 24.0 Å². The highest BCUT2D eigenvalue weighted by molar-refractivity contribution is 14.0. The number of pyridine rings is 1. The molecule has 0 saturated carbocycles. The third-order valence-corrected chi connectivity index (χ3v) is 5.74. The maximum atomic E-state index is 4.86. The van der Waals surface area contributed by atoms with Gasteiger partial charge in [-0.05, 0) is 57.6 Å². The van der Waals surface area contributed by atoms with Gasteiger partial charge in [0.25, 0.3) is 0 Å². The molecule has 0 bridgehead atoms. The predicted molar refractivity (Wildman–Crippen MR) is 124 cm³/mol. The van der Waals surface area contributed by atoms with Crippen LogP contribution in [0.15, 0.2) is 23.3 Å². The van der Waals surface area contributed by atoms with Crippen molar-refractivity contribution in [3.63, 3.8) is 0 Å². The normalized spacial score (nSPS) is 13.7. The Morgan fingerprint density at radius 2 is 2.11 bits per heavy atom. The Kier molecular flexibility index (Phi) is 8.95. The van der Waals surface area contributed by atoms with Crippen molar-refractivity contribution < 1.29 is 0 Å². The van der Waals surface area contributed by atoms with Crippen molar-refractivity contribution in [1.82, 2.24) is 20.2 Å². The fraction of sp³-hybridized carbons (Fsp3) is 0.550. The Balaban J connectivity index is 0.00000261. The lowest BCUT2D eigenvalue weighted by Crippen LogP contribution is -2.38. The molecule has 2 aromatic rings. The smallest absolute Gasteiger partial charge is 0.194 e. The van der Waals surface area contributed by atoms with Crippen molar-refractivity contribution in [1.29, 1.82) is 0 Å². The summed E-state index contributed by atoms with van der Waals surface area (Å²) in [5, 5.41) is 4.60. The zero-order valence-electron chi connectivity index (χ0n) is 16.5. The summed E-state index contributed by atoms with van der Waals surface area (Å²) in [5.41, 5.74) is 3.61. The van der Waals surface area contributed by atoms with Crippen LogP contribution in [0.4, 0.5) is 0 Å². The van der Waals surface area contributed by atoms with Crippen LogP contribution in [0.2, 0.25) is 0 Å².